The third kappa shape index (κ3) is 5.76. The quantitative estimate of drug-likeness (QED) is 0.419. The smallest absolute Gasteiger partial charge is 0.193 e. The van der Waals surface area contributed by atoms with Crippen molar-refractivity contribution in [3.05, 3.63) is 48.4 Å². The summed E-state index contributed by atoms with van der Waals surface area (Å²) in [5.41, 5.74) is 6.78. The van der Waals surface area contributed by atoms with Gasteiger partial charge in [-0.1, -0.05) is 6.07 Å². The number of aliphatic imine (C=N–C) groups is 1. The van der Waals surface area contributed by atoms with E-state index in [1.54, 1.807) is 13.4 Å². The molecule has 1 aromatic heterocycles. The molecule has 1 heterocycles. The number of methoxy groups -OCH3 is 1. The molecule has 0 spiro atoms. The molecule has 2 rings (SSSR count). The van der Waals surface area contributed by atoms with Gasteiger partial charge >= 0.3 is 0 Å². The SMILES string of the molecule is COc1cccc(NC(N)=NCC(c2ccco2)N(C)C)c1.I. The topological polar surface area (TPSA) is 76.0 Å². The van der Waals surface area contributed by atoms with E-state index in [4.69, 9.17) is 14.9 Å². The van der Waals surface area contributed by atoms with E-state index < -0.39 is 0 Å². The average Bonchev–Trinajstić information content (AvgIpc) is 3.01. The number of hydrogen-bond donors (Lipinski definition) is 2. The normalized spacial score (nSPS) is 12.6. The number of halogens is 1. The number of furan rings is 1. The Morgan fingerprint density at radius 2 is 2.13 bits per heavy atom. The highest BCUT2D eigenvalue weighted by atomic mass is 127. The second kappa shape index (κ2) is 9.41. The molecule has 2 aromatic rings. The number of benzene rings is 1. The summed E-state index contributed by atoms with van der Waals surface area (Å²) in [6, 6.07) is 11.4. The van der Waals surface area contributed by atoms with Crippen molar-refractivity contribution in [3.63, 3.8) is 0 Å². The molecule has 0 aliphatic carbocycles. The zero-order valence-electron chi connectivity index (χ0n) is 13.5. The number of nitrogens with zero attached hydrogens (tertiary/aromatic N) is 2. The van der Waals surface area contributed by atoms with Crippen LogP contribution < -0.4 is 15.8 Å². The molecular weight excluding hydrogens is 407 g/mol. The summed E-state index contributed by atoms with van der Waals surface area (Å²) in [6.07, 6.45) is 1.66. The van der Waals surface area contributed by atoms with Crippen molar-refractivity contribution in [2.75, 3.05) is 33.1 Å². The first-order chi connectivity index (χ1) is 10.6. The van der Waals surface area contributed by atoms with Gasteiger partial charge in [-0.3, -0.25) is 9.89 Å². The predicted octanol–water partition coefficient (Wildman–Crippen LogP) is 2.94. The van der Waals surface area contributed by atoms with Gasteiger partial charge in [-0.05, 0) is 38.4 Å². The molecule has 126 valence electrons. The highest BCUT2D eigenvalue weighted by molar-refractivity contribution is 14.0. The number of likely N-dealkylation sites (N-methyl/N-ethyl adjacent to an activating group) is 1. The first kappa shape index (κ1) is 19.3. The van der Waals surface area contributed by atoms with Crippen LogP contribution in [0.3, 0.4) is 0 Å². The molecule has 23 heavy (non-hydrogen) atoms. The van der Waals surface area contributed by atoms with E-state index in [1.807, 2.05) is 55.4 Å². The molecular formula is C16H23IN4O2. The molecule has 0 amide bonds. The van der Waals surface area contributed by atoms with Crippen molar-refractivity contribution in [1.29, 1.82) is 0 Å². The molecule has 1 unspecified atom stereocenters. The number of guanidine groups is 1. The van der Waals surface area contributed by atoms with Gasteiger partial charge in [0.15, 0.2) is 5.96 Å². The maximum atomic E-state index is 5.95. The number of nitrogens with two attached hydrogens (primary N) is 1. The Morgan fingerprint density at radius 3 is 2.74 bits per heavy atom. The summed E-state index contributed by atoms with van der Waals surface area (Å²) in [5, 5.41) is 3.05. The molecule has 0 saturated heterocycles. The number of anilines is 1. The van der Waals surface area contributed by atoms with Crippen LogP contribution in [-0.2, 0) is 0 Å². The summed E-state index contributed by atoms with van der Waals surface area (Å²) in [4.78, 5) is 6.44. The molecule has 0 fully saturated rings. The van der Waals surface area contributed by atoms with Crippen LogP contribution in [0.2, 0.25) is 0 Å². The molecule has 7 heteroatoms. The van der Waals surface area contributed by atoms with Gasteiger partial charge in [0.1, 0.15) is 11.5 Å². The van der Waals surface area contributed by atoms with Crippen molar-refractivity contribution < 1.29 is 9.15 Å². The van der Waals surface area contributed by atoms with Gasteiger partial charge < -0.3 is 20.2 Å². The summed E-state index contributed by atoms with van der Waals surface area (Å²) in [5.74, 6) is 1.98. The lowest BCUT2D eigenvalue weighted by atomic mass is 10.2. The molecule has 0 bridgehead atoms. The Labute approximate surface area is 153 Å². The minimum absolute atomic E-state index is 0. The Kier molecular flexibility index (Phi) is 7.90. The lowest BCUT2D eigenvalue weighted by molar-refractivity contribution is 0.265. The van der Waals surface area contributed by atoms with Crippen LogP contribution in [0.25, 0.3) is 0 Å². The Hall–Kier alpha value is -1.74. The Bertz CT molecular complexity index is 614. The molecule has 0 aliphatic rings. The monoisotopic (exact) mass is 430 g/mol. The van der Waals surface area contributed by atoms with Gasteiger partial charge in [0.25, 0.3) is 0 Å². The van der Waals surface area contributed by atoms with Crippen LogP contribution in [0.4, 0.5) is 5.69 Å². The van der Waals surface area contributed by atoms with Crippen LogP contribution >= 0.6 is 24.0 Å². The van der Waals surface area contributed by atoms with Crippen LogP contribution in [0, 0.1) is 0 Å². The largest absolute Gasteiger partial charge is 0.497 e. The van der Waals surface area contributed by atoms with E-state index in [0.717, 1.165) is 17.2 Å². The second-order valence-corrected chi connectivity index (χ2v) is 5.08. The first-order valence-corrected chi connectivity index (χ1v) is 7.01. The third-order valence-electron chi connectivity index (χ3n) is 3.27. The van der Waals surface area contributed by atoms with Gasteiger partial charge in [0.05, 0.1) is 26.0 Å². The third-order valence-corrected chi connectivity index (χ3v) is 3.27. The molecule has 0 saturated carbocycles. The highest BCUT2D eigenvalue weighted by Crippen LogP contribution is 2.19. The lowest BCUT2D eigenvalue weighted by Gasteiger charge is -2.20. The Balaban J connectivity index is 0.00000264. The molecule has 3 N–H and O–H groups in total. The van der Waals surface area contributed by atoms with Gasteiger partial charge in [0.2, 0.25) is 0 Å². The minimum atomic E-state index is 0. The van der Waals surface area contributed by atoms with Gasteiger partial charge in [-0.2, -0.15) is 0 Å². The molecule has 0 radical (unpaired) electrons. The molecule has 0 aliphatic heterocycles. The lowest BCUT2D eigenvalue weighted by Crippen LogP contribution is -2.27. The number of ether oxygens (including phenoxy) is 1. The maximum absolute atomic E-state index is 5.95. The maximum Gasteiger partial charge on any atom is 0.193 e. The van der Waals surface area contributed by atoms with Crippen molar-refractivity contribution >= 4 is 35.6 Å². The fourth-order valence-corrected chi connectivity index (χ4v) is 2.06. The van der Waals surface area contributed by atoms with Crippen molar-refractivity contribution in [1.82, 2.24) is 4.90 Å². The molecule has 1 atom stereocenters. The fraction of sp³-hybridized carbons (Fsp3) is 0.312. The zero-order chi connectivity index (χ0) is 15.9. The standard InChI is InChI=1S/C16H22N4O2.HI/c1-20(2)14(15-8-5-9-22-15)11-18-16(17)19-12-6-4-7-13(10-12)21-3;/h4-10,14H,11H2,1-3H3,(H3,17,18,19);1H. The second-order valence-electron chi connectivity index (χ2n) is 5.08. The summed E-state index contributed by atoms with van der Waals surface area (Å²) in [6.45, 7) is 0.503. The summed E-state index contributed by atoms with van der Waals surface area (Å²) >= 11 is 0. The van der Waals surface area contributed by atoms with E-state index in [-0.39, 0.29) is 30.0 Å². The van der Waals surface area contributed by atoms with Crippen LogP contribution in [0.5, 0.6) is 5.75 Å². The fourth-order valence-electron chi connectivity index (χ4n) is 2.06. The zero-order valence-corrected chi connectivity index (χ0v) is 15.9. The summed E-state index contributed by atoms with van der Waals surface area (Å²) < 4.78 is 10.6. The number of rotatable bonds is 6. The van der Waals surface area contributed by atoms with Crippen molar-refractivity contribution in [2.24, 2.45) is 10.7 Å². The highest BCUT2D eigenvalue weighted by Gasteiger charge is 2.16. The van der Waals surface area contributed by atoms with E-state index >= 15 is 0 Å². The van der Waals surface area contributed by atoms with Crippen molar-refractivity contribution in [3.8, 4) is 5.75 Å². The average molecular weight is 430 g/mol. The van der Waals surface area contributed by atoms with Gasteiger partial charge in [-0.25, -0.2) is 0 Å². The van der Waals surface area contributed by atoms with Crippen LogP contribution in [-0.4, -0.2) is 38.6 Å². The van der Waals surface area contributed by atoms with Crippen LogP contribution in [0.1, 0.15) is 11.8 Å². The van der Waals surface area contributed by atoms with E-state index in [1.165, 1.54) is 0 Å². The minimum Gasteiger partial charge on any atom is -0.497 e. The van der Waals surface area contributed by atoms with Crippen molar-refractivity contribution in [2.45, 2.75) is 6.04 Å². The van der Waals surface area contributed by atoms with E-state index in [2.05, 4.69) is 10.3 Å². The van der Waals surface area contributed by atoms with E-state index in [9.17, 15) is 0 Å². The van der Waals surface area contributed by atoms with Crippen LogP contribution in [0.15, 0.2) is 52.1 Å². The number of hydrogen-bond acceptors (Lipinski definition) is 4. The Morgan fingerprint density at radius 1 is 1.35 bits per heavy atom. The van der Waals surface area contributed by atoms with E-state index in [0.29, 0.717) is 12.5 Å². The summed E-state index contributed by atoms with van der Waals surface area (Å²) in [7, 11) is 5.59. The molecule has 1 aromatic carbocycles. The number of nitrogens with one attached hydrogen (secondary N) is 1. The van der Waals surface area contributed by atoms with Gasteiger partial charge in [-0.15, -0.1) is 24.0 Å². The first-order valence-electron chi connectivity index (χ1n) is 7.01. The van der Waals surface area contributed by atoms with Gasteiger partial charge in [0, 0.05) is 11.8 Å². The molecule has 6 nitrogen and oxygen atoms in total. The predicted molar refractivity (Wildman–Crippen MR) is 104 cm³/mol.